The third-order valence-corrected chi connectivity index (χ3v) is 11.7. The molecule has 1 saturated heterocycles. The number of hydrogen-bond donors (Lipinski definition) is 0. The number of carbonyl (C=O) groups is 1. The molecule has 0 spiro atoms. The first-order valence-electron chi connectivity index (χ1n) is 18.3. The van der Waals surface area contributed by atoms with E-state index in [1.807, 2.05) is 6.07 Å². The number of halogens is 3. The monoisotopic (exact) mass is 866 g/mol. The summed E-state index contributed by atoms with van der Waals surface area (Å²) in [4.78, 5) is 18.6. The third-order valence-electron chi connectivity index (χ3n) is 8.90. The third kappa shape index (κ3) is 11.9. The van der Waals surface area contributed by atoms with E-state index in [-0.39, 0.29) is 66.2 Å². The topological polar surface area (TPSA) is 153 Å². The lowest BCUT2D eigenvalue weighted by atomic mass is 9.89. The Morgan fingerprint density at radius 3 is 2.45 bits per heavy atom. The number of esters is 1. The van der Waals surface area contributed by atoms with Gasteiger partial charge < -0.3 is 18.9 Å². The second-order valence-corrected chi connectivity index (χ2v) is 16.2. The fraction of sp³-hybridized carbons (Fsp3) is 0.286. The number of nitriles is 1. The molecular weight excluding hydrogens is 825 g/mol. The number of phosphoric ester groups is 1. The van der Waals surface area contributed by atoms with Gasteiger partial charge in [-0.25, -0.2) is 32.2 Å². The number of carbonyl (C=O) groups excluding carboxylic acids is 1. The molecule has 1 fully saturated rings. The summed E-state index contributed by atoms with van der Waals surface area (Å²) in [6.07, 6.45) is 11.0. The van der Waals surface area contributed by atoms with Crippen LogP contribution in [-0.4, -0.2) is 71.1 Å². The van der Waals surface area contributed by atoms with Crippen LogP contribution in [0.4, 0.5) is 13.2 Å². The summed E-state index contributed by atoms with van der Waals surface area (Å²) in [5, 5.41) is 12.0. The average Bonchev–Trinajstić information content (AvgIpc) is 3.76. The van der Waals surface area contributed by atoms with E-state index in [4.69, 9.17) is 37.8 Å². The van der Waals surface area contributed by atoms with Crippen molar-refractivity contribution in [3.05, 3.63) is 156 Å². The van der Waals surface area contributed by atoms with Gasteiger partial charge in [0.25, 0.3) is 0 Å². The SMILES string of the molecule is C=CCOP(=O)(OCC=C)OCc1c(OC)cccc1C(=O)OC(Cn1cncn1)(c1ccc(F)cc1F)C(C)SC1COC(C=CC=Cc2ccc(C#N)cc2F)OC1. The number of thioether (sulfide) groups is 1. The second kappa shape index (κ2) is 21.8. The van der Waals surface area contributed by atoms with Crippen molar-refractivity contribution in [1.29, 1.82) is 5.26 Å². The van der Waals surface area contributed by atoms with Gasteiger partial charge in [0.15, 0.2) is 11.9 Å². The number of methoxy groups -OCH3 is 1. The number of ether oxygens (including phenoxy) is 4. The van der Waals surface area contributed by atoms with Gasteiger partial charge in [0.1, 0.15) is 35.9 Å². The van der Waals surface area contributed by atoms with Crippen molar-refractivity contribution in [3.63, 3.8) is 0 Å². The molecule has 1 aromatic heterocycles. The van der Waals surface area contributed by atoms with Crippen LogP contribution in [0.25, 0.3) is 6.08 Å². The lowest BCUT2D eigenvalue weighted by Gasteiger charge is -2.40. The summed E-state index contributed by atoms with van der Waals surface area (Å²) < 4.78 is 99.7. The van der Waals surface area contributed by atoms with E-state index in [2.05, 4.69) is 23.2 Å². The van der Waals surface area contributed by atoms with Crippen molar-refractivity contribution < 1.29 is 55.0 Å². The Morgan fingerprint density at radius 1 is 1.07 bits per heavy atom. The molecule has 0 amide bonds. The molecule has 0 bridgehead atoms. The molecule has 18 heteroatoms. The summed E-state index contributed by atoms with van der Waals surface area (Å²) in [5.74, 6) is -3.17. The van der Waals surface area contributed by atoms with Crippen molar-refractivity contribution in [1.82, 2.24) is 14.8 Å². The first kappa shape index (κ1) is 45.8. The molecule has 1 aliphatic heterocycles. The minimum Gasteiger partial charge on any atom is -0.496 e. The van der Waals surface area contributed by atoms with Crippen LogP contribution >= 0.6 is 19.6 Å². The Hall–Kier alpha value is -5.31. The van der Waals surface area contributed by atoms with Crippen molar-refractivity contribution in [3.8, 4) is 11.8 Å². The van der Waals surface area contributed by atoms with Gasteiger partial charge in [-0.2, -0.15) is 10.4 Å². The van der Waals surface area contributed by atoms with E-state index >= 15 is 4.39 Å². The maximum Gasteiger partial charge on any atom is 0.475 e. The average molecular weight is 867 g/mol. The van der Waals surface area contributed by atoms with E-state index in [9.17, 15) is 18.1 Å². The zero-order valence-electron chi connectivity index (χ0n) is 32.7. The Balaban J connectivity index is 1.42. The lowest BCUT2D eigenvalue weighted by Crippen LogP contribution is -2.47. The van der Waals surface area contributed by atoms with Crippen LogP contribution in [-0.2, 0) is 51.1 Å². The van der Waals surface area contributed by atoms with Gasteiger partial charge in [0.05, 0.1) is 69.1 Å². The van der Waals surface area contributed by atoms with Gasteiger partial charge in [0, 0.05) is 28.0 Å². The number of rotatable bonds is 21. The fourth-order valence-corrected chi connectivity index (χ4v) is 8.43. The van der Waals surface area contributed by atoms with Gasteiger partial charge in [-0.1, -0.05) is 42.5 Å². The number of nitrogens with zero attached hydrogens (tertiary/aromatic N) is 4. The number of aromatic nitrogens is 3. The molecule has 3 aromatic carbocycles. The molecule has 4 aromatic rings. The summed E-state index contributed by atoms with van der Waals surface area (Å²) in [6, 6.07) is 13.5. The summed E-state index contributed by atoms with van der Waals surface area (Å²) in [6.45, 7) is 8.03. The van der Waals surface area contributed by atoms with Gasteiger partial charge in [-0.3, -0.25) is 13.6 Å². The predicted molar refractivity (Wildman–Crippen MR) is 217 cm³/mol. The molecular formula is C42H42F3N4O9PS. The van der Waals surface area contributed by atoms with Crippen LogP contribution in [0, 0.1) is 28.8 Å². The highest BCUT2D eigenvalue weighted by Crippen LogP contribution is 2.51. The molecule has 2 atom stereocenters. The van der Waals surface area contributed by atoms with E-state index in [0.717, 1.165) is 12.1 Å². The smallest absolute Gasteiger partial charge is 0.475 e. The second-order valence-electron chi connectivity index (χ2n) is 12.9. The molecule has 13 nitrogen and oxygen atoms in total. The Labute approximate surface area is 349 Å². The molecule has 1 aliphatic rings. The summed E-state index contributed by atoms with van der Waals surface area (Å²) >= 11 is 1.28. The maximum atomic E-state index is 16.1. The normalized spacial score (nSPS) is 17.2. The van der Waals surface area contributed by atoms with E-state index in [1.165, 1.54) is 84.8 Å². The Morgan fingerprint density at radius 2 is 1.82 bits per heavy atom. The van der Waals surface area contributed by atoms with Gasteiger partial charge in [-0.15, -0.1) is 24.9 Å². The zero-order chi connectivity index (χ0) is 43.1. The number of phosphoric acid groups is 1. The van der Waals surface area contributed by atoms with Crippen LogP contribution in [0.1, 0.15) is 39.5 Å². The predicted octanol–water partition coefficient (Wildman–Crippen LogP) is 8.49. The fourth-order valence-electron chi connectivity index (χ4n) is 5.99. The molecule has 316 valence electrons. The van der Waals surface area contributed by atoms with Gasteiger partial charge in [0.2, 0.25) is 0 Å². The van der Waals surface area contributed by atoms with Crippen molar-refractivity contribution in [2.45, 2.75) is 42.5 Å². The highest BCUT2D eigenvalue weighted by atomic mass is 32.2. The number of hydrogen-bond acceptors (Lipinski definition) is 13. The van der Waals surface area contributed by atoms with Crippen molar-refractivity contribution in [2.75, 3.05) is 33.5 Å². The summed E-state index contributed by atoms with van der Waals surface area (Å²) in [7, 11) is -2.85. The van der Waals surface area contributed by atoms with Gasteiger partial charge in [-0.05, 0) is 49.4 Å². The zero-order valence-corrected chi connectivity index (χ0v) is 34.4. The quantitative estimate of drug-likeness (QED) is 0.0341. The van der Waals surface area contributed by atoms with Crippen LogP contribution in [0.5, 0.6) is 5.75 Å². The molecule has 5 rings (SSSR count). The molecule has 0 aliphatic carbocycles. The largest absolute Gasteiger partial charge is 0.496 e. The Bertz CT molecular complexity index is 2250. The lowest BCUT2D eigenvalue weighted by molar-refractivity contribution is -0.146. The summed E-state index contributed by atoms with van der Waals surface area (Å²) in [5.41, 5.74) is -1.53. The van der Waals surface area contributed by atoms with E-state index in [1.54, 1.807) is 31.2 Å². The van der Waals surface area contributed by atoms with Crippen molar-refractivity contribution >= 4 is 31.6 Å². The van der Waals surface area contributed by atoms with Crippen LogP contribution in [0.2, 0.25) is 0 Å². The van der Waals surface area contributed by atoms with Crippen LogP contribution < -0.4 is 4.74 Å². The number of benzene rings is 3. The first-order chi connectivity index (χ1) is 28.9. The molecule has 0 saturated carbocycles. The highest BCUT2D eigenvalue weighted by Gasteiger charge is 2.47. The van der Waals surface area contributed by atoms with Crippen LogP contribution in [0.15, 0.2) is 111 Å². The van der Waals surface area contributed by atoms with E-state index < -0.39 is 55.0 Å². The number of allylic oxidation sites excluding steroid dienone is 2. The highest BCUT2D eigenvalue weighted by molar-refractivity contribution is 8.00. The minimum absolute atomic E-state index is 0.0917. The Kier molecular flexibility index (Phi) is 16.6. The molecule has 60 heavy (non-hydrogen) atoms. The molecule has 0 radical (unpaired) electrons. The standard InChI is InChI=1S/C42H42F3N4O9PS/c1-5-18-55-59(51,56-19-6-2)57-25-35-34(11-9-12-39(35)52-4)41(50)58-42(26-49-28-47-27-48-49,36-17-16-32(43)21-38(36)45)29(3)60-33-23-53-40(54-24-33)13-8-7-10-31-15-14-30(22-46)20-37(31)44/h5-17,20-21,27-29,33,40H,1-2,18-19,23-26H2,3-4H3. The molecule has 2 unspecified atom stereocenters. The maximum absolute atomic E-state index is 16.1. The van der Waals surface area contributed by atoms with E-state index in [0.29, 0.717) is 11.6 Å². The molecule has 0 N–H and O–H groups in total. The first-order valence-corrected chi connectivity index (χ1v) is 20.7. The van der Waals surface area contributed by atoms with Crippen molar-refractivity contribution in [2.24, 2.45) is 0 Å². The van der Waals surface area contributed by atoms with Gasteiger partial charge >= 0.3 is 13.8 Å². The molecule has 2 heterocycles. The van der Waals surface area contributed by atoms with Crippen LogP contribution in [0.3, 0.4) is 0 Å². The minimum atomic E-state index is -4.21.